The molecule has 0 fully saturated rings. The molecule has 2 heterocycles. The summed E-state index contributed by atoms with van der Waals surface area (Å²) in [5.41, 5.74) is 18.4. The van der Waals surface area contributed by atoms with Crippen LogP contribution in [0, 0.1) is 11.5 Å². The van der Waals surface area contributed by atoms with E-state index in [9.17, 15) is 0 Å². The molecule has 0 bridgehead atoms. The normalized spacial score (nSPS) is 10.9. The van der Waals surface area contributed by atoms with Gasteiger partial charge in [-0.25, -0.2) is 9.97 Å². The van der Waals surface area contributed by atoms with E-state index < -0.39 is 0 Å². The smallest absolute Gasteiger partial charge is 0.212 e. The number of hydrogen-bond donors (Lipinski definition) is 3. The Hall–Kier alpha value is -3.19. The summed E-state index contributed by atoms with van der Waals surface area (Å²) in [5.74, 6) is 0.0879. The Labute approximate surface area is 136 Å². The van der Waals surface area contributed by atoms with Crippen molar-refractivity contribution in [2.24, 2.45) is 27.2 Å². The van der Waals surface area contributed by atoms with Gasteiger partial charge in [-0.05, 0) is 12.1 Å². The molecular formula is C13H15N9S. The van der Waals surface area contributed by atoms with E-state index in [-0.39, 0.29) is 11.9 Å². The topological polar surface area (TPSA) is 156 Å². The SMILES string of the molecule is CN(Cc1cccc(-c2csc(N=C(N)N)n2)n1)C(N)=NC#N. The highest BCUT2D eigenvalue weighted by Crippen LogP contribution is 2.25. The molecule has 0 atom stereocenters. The summed E-state index contributed by atoms with van der Waals surface area (Å²) in [6.45, 7) is 0.412. The number of pyridine rings is 1. The number of aliphatic imine (C=N–C) groups is 2. The van der Waals surface area contributed by atoms with Gasteiger partial charge in [0.05, 0.1) is 17.9 Å². The molecule has 6 N–H and O–H groups in total. The van der Waals surface area contributed by atoms with Gasteiger partial charge in [0.1, 0.15) is 5.69 Å². The Morgan fingerprint density at radius 3 is 2.78 bits per heavy atom. The maximum atomic E-state index is 8.51. The molecule has 0 aliphatic rings. The number of nitrogens with zero attached hydrogens (tertiary/aromatic N) is 6. The Morgan fingerprint density at radius 2 is 2.09 bits per heavy atom. The van der Waals surface area contributed by atoms with Crippen LogP contribution in [0.15, 0.2) is 33.6 Å². The number of hydrogen-bond acceptors (Lipinski definition) is 6. The van der Waals surface area contributed by atoms with Crippen LogP contribution in [0.25, 0.3) is 11.4 Å². The predicted octanol–water partition coefficient (Wildman–Crippen LogP) is 0.338. The van der Waals surface area contributed by atoms with E-state index >= 15 is 0 Å². The second-order valence-corrected chi connectivity index (χ2v) is 5.33. The highest BCUT2D eigenvalue weighted by Gasteiger charge is 2.09. The fraction of sp³-hybridized carbons (Fsp3) is 0.154. The van der Waals surface area contributed by atoms with E-state index in [1.807, 2.05) is 23.6 Å². The van der Waals surface area contributed by atoms with Gasteiger partial charge in [0.25, 0.3) is 0 Å². The number of thiazole rings is 1. The third kappa shape index (κ3) is 4.39. The fourth-order valence-electron chi connectivity index (χ4n) is 1.71. The van der Waals surface area contributed by atoms with Crippen LogP contribution in [0.2, 0.25) is 0 Å². The van der Waals surface area contributed by atoms with Crippen molar-refractivity contribution in [1.82, 2.24) is 14.9 Å². The minimum atomic E-state index is -0.0403. The van der Waals surface area contributed by atoms with Crippen LogP contribution in [0.1, 0.15) is 5.69 Å². The fourth-order valence-corrected chi connectivity index (χ4v) is 2.41. The van der Waals surface area contributed by atoms with Crippen LogP contribution in [0.4, 0.5) is 5.13 Å². The number of rotatable bonds is 4. The number of guanidine groups is 2. The van der Waals surface area contributed by atoms with Crippen LogP contribution in [0.3, 0.4) is 0 Å². The third-order valence-corrected chi connectivity index (χ3v) is 3.48. The van der Waals surface area contributed by atoms with Crippen LogP contribution >= 0.6 is 11.3 Å². The molecule has 0 aliphatic carbocycles. The summed E-state index contributed by atoms with van der Waals surface area (Å²) in [6, 6.07) is 5.55. The first-order valence-corrected chi connectivity index (χ1v) is 7.32. The molecule has 23 heavy (non-hydrogen) atoms. The third-order valence-electron chi connectivity index (χ3n) is 2.74. The molecule has 0 aliphatic heterocycles. The first kappa shape index (κ1) is 16.2. The Bertz CT molecular complexity index is 783. The zero-order chi connectivity index (χ0) is 16.8. The molecule has 0 aromatic carbocycles. The number of aromatic nitrogens is 2. The lowest BCUT2D eigenvalue weighted by molar-refractivity contribution is 0.487. The highest BCUT2D eigenvalue weighted by molar-refractivity contribution is 7.13. The second kappa shape index (κ2) is 7.19. The molecule has 2 rings (SSSR count). The molecule has 10 heteroatoms. The quantitative estimate of drug-likeness (QED) is 0.414. The molecule has 118 valence electrons. The molecule has 2 aromatic heterocycles. The lowest BCUT2D eigenvalue weighted by Gasteiger charge is -2.16. The van der Waals surface area contributed by atoms with Gasteiger partial charge in [0, 0.05) is 12.4 Å². The van der Waals surface area contributed by atoms with Gasteiger partial charge in [-0.1, -0.05) is 6.07 Å². The molecule has 0 saturated carbocycles. The molecule has 0 radical (unpaired) electrons. The van der Waals surface area contributed by atoms with Crippen molar-refractivity contribution >= 4 is 28.4 Å². The van der Waals surface area contributed by atoms with Crippen LogP contribution < -0.4 is 17.2 Å². The number of nitriles is 1. The molecule has 0 saturated heterocycles. The van der Waals surface area contributed by atoms with Gasteiger partial charge in [0.15, 0.2) is 5.96 Å². The van der Waals surface area contributed by atoms with Crippen molar-refractivity contribution in [3.8, 4) is 17.6 Å². The van der Waals surface area contributed by atoms with E-state index in [1.165, 1.54) is 11.3 Å². The minimum Gasteiger partial charge on any atom is -0.370 e. The predicted molar refractivity (Wildman–Crippen MR) is 89.5 cm³/mol. The van der Waals surface area contributed by atoms with Gasteiger partial charge in [0.2, 0.25) is 17.3 Å². The Kier molecular flexibility index (Phi) is 5.06. The zero-order valence-corrected chi connectivity index (χ0v) is 13.2. The summed E-state index contributed by atoms with van der Waals surface area (Å²) in [5, 5.41) is 10.8. The van der Waals surface area contributed by atoms with E-state index in [4.69, 9.17) is 22.5 Å². The van der Waals surface area contributed by atoms with E-state index in [0.717, 1.165) is 5.69 Å². The van der Waals surface area contributed by atoms with Crippen molar-refractivity contribution in [1.29, 1.82) is 5.26 Å². The molecule has 0 spiro atoms. The van der Waals surface area contributed by atoms with Gasteiger partial charge >= 0.3 is 0 Å². The summed E-state index contributed by atoms with van der Waals surface area (Å²) in [4.78, 5) is 17.8. The first-order chi connectivity index (χ1) is 11.0. The first-order valence-electron chi connectivity index (χ1n) is 6.44. The number of nitrogens with two attached hydrogens (primary N) is 3. The monoisotopic (exact) mass is 329 g/mol. The average molecular weight is 329 g/mol. The Morgan fingerprint density at radius 1 is 1.30 bits per heavy atom. The lowest BCUT2D eigenvalue weighted by Crippen LogP contribution is -2.33. The summed E-state index contributed by atoms with van der Waals surface area (Å²) in [7, 11) is 1.73. The van der Waals surface area contributed by atoms with E-state index in [2.05, 4.69) is 20.0 Å². The summed E-state index contributed by atoms with van der Waals surface area (Å²) >= 11 is 1.32. The summed E-state index contributed by atoms with van der Waals surface area (Å²) in [6.07, 6.45) is 1.65. The standard InChI is InChI=1S/C13H15N9S/c1-22(12(17)18-7-14)5-8-3-2-4-9(19-8)10-6-23-13(20-10)21-11(15)16/h2-4,6H,5H2,1H3,(H2,17,18)(H4,15,16,20,21). The molecule has 0 amide bonds. The largest absolute Gasteiger partial charge is 0.370 e. The van der Waals surface area contributed by atoms with Crippen molar-refractivity contribution in [3.05, 3.63) is 29.3 Å². The van der Waals surface area contributed by atoms with Crippen LogP contribution in [-0.2, 0) is 6.54 Å². The van der Waals surface area contributed by atoms with Gasteiger partial charge in [-0.2, -0.15) is 10.3 Å². The summed E-state index contributed by atoms with van der Waals surface area (Å²) < 4.78 is 0. The molecule has 2 aromatic rings. The van der Waals surface area contributed by atoms with Gasteiger partial charge in [-0.3, -0.25) is 0 Å². The maximum absolute atomic E-state index is 8.51. The van der Waals surface area contributed by atoms with Crippen LogP contribution in [0.5, 0.6) is 0 Å². The average Bonchev–Trinajstić information content (AvgIpc) is 2.95. The molecular weight excluding hydrogens is 314 g/mol. The van der Waals surface area contributed by atoms with Gasteiger partial charge in [-0.15, -0.1) is 16.3 Å². The Balaban J connectivity index is 2.20. The zero-order valence-electron chi connectivity index (χ0n) is 12.3. The van der Waals surface area contributed by atoms with Crippen molar-refractivity contribution < 1.29 is 0 Å². The maximum Gasteiger partial charge on any atom is 0.212 e. The van der Waals surface area contributed by atoms with Crippen molar-refractivity contribution in [2.75, 3.05) is 7.05 Å². The molecule has 0 unspecified atom stereocenters. The van der Waals surface area contributed by atoms with Crippen molar-refractivity contribution in [2.45, 2.75) is 6.54 Å². The van der Waals surface area contributed by atoms with E-state index in [1.54, 1.807) is 18.1 Å². The highest BCUT2D eigenvalue weighted by atomic mass is 32.1. The van der Waals surface area contributed by atoms with Gasteiger partial charge < -0.3 is 22.1 Å². The lowest BCUT2D eigenvalue weighted by atomic mass is 10.2. The minimum absolute atomic E-state index is 0.0403. The van der Waals surface area contributed by atoms with E-state index in [0.29, 0.717) is 23.1 Å². The van der Waals surface area contributed by atoms with Crippen molar-refractivity contribution in [3.63, 3.8) is 0 Å². The molecule has 9 nitrogen and oxygen atoms in total. The van der Waals surface area contributed by atoms with Crippen LogP contribution in [-0.4, -0.2) is 33.8 Å². The second-order valence-electron chi connectivity index (χ2n) is 4.49.